The molecule has 0 saturated carbocycles. The molecule has 4 aromatic rings. The standard InChI is InChI=1S/C30H28ClN5O6/c1-40-30(39)26-25(42-26)29(38)36-12-6-5-7-17(36)14-32-27-23-21(15-33-28(23)35-16-34-27)24(37)20-11-10-19(13-22(20)31)41-18-8-3-2-4-9-18/h2-4,8-11,13,15-17,25-26H,5-7,12,14H2,1H3,(H2,32,33,34,35). The van der Waals surface area contributed by atoms with E-state index in [4.69, 9.17) is 25.8 Å². The van der Waals surface area contributed by atoms with Crippen LogP contribution in [0.3, 0.4) is 0 Å². The fourth-order valence-corrected chi connectivity index (χ4v) is 5.52. The number of likely N-dealkylation sites (tertiary alicyclic amines) is 1. The first kappa shape index (κ1) is 27.7. The van der Waals surface area contributed by atoms with Gasteiger partial charge >= 0.3 is 5.97 Å². The van der Waals surface area contributed by atoms with E-state index in [1.54, 1.807) is 29.3 Å². The van der Waals surface area contributed by atoms with Crippen LogP contribution in [0.15, 0.2) is 61.1 Å². The average Bonchev–Trinajstić information content (AvgIpc) is 3.70. The van der Waals surface area contributed by atoms with E-state index in [1.807, 2.05) is 30.3 Å². The molecule has 3 atom stereocenters. The van der Waals surface area contributed by atoms with E-state index >= 15 is 0 Å². The molecule has 2 aromatic carbocycles. The molecule has 1 amide bonds. The van der Waals surface area contributed by atoms with Crippen LogP contribution in [0.25, 0.3) is 11.0 Å². The summed E-state index contributed by atoms with van der Waals surface area (Å²) in [5, 5.41) is 4.10. The quantitative estimate of drug-likeness (QED) is 0.165. The second kappa shape index (κ2) is 11.8. The summed E-state index contributed by atoms with van der Waals surface area (Å²) in [6.45, 7) is 0.951. The number of halogens is 1. The predicted octanol–water partition coefficient (Wildman–Crippen LogP) is 4.37. The highest BCUT2D eigenvalue weighted by Gasteiger charge is 2.53. The van der Waals surface area contributed by atoms with Gasteiger partial charge < -0.3 is 29.4 Å². The van der Waals surface area contributed by atoms with Gasteiger partial charge in [0.2, 0.25) is 0 Å². The summed E-state index contributed by atoms with van der Waals surface area (Å²) in [6, 6.07) is 14.1. The molecular weight excluding hydrogens is 562 g/mol. The topological polar surface area (TPSA) is 139 Å². The van der Waals surface area contributed by atoms with E-state index in [2.05, 4.69) is 20.3 Å². The van der Waals surface area contributed by atoms with Crippen LogP contribution in [0.5, 0.6) is 11.5 Å². The number of carbonyl (C=O) groups is 3. The van der Waals surface area contributed by atoms with Gasteiger partial charge in [-0.05, 0) is 43.5 Å². The number of ether oxygens (including phenoxy) is 3. The highest BCUT2D eigenvalue weighted by Crippen LogP contribution is 2.32. The third-order valence-electron chi connectivity index (χ3n) is 7.46. The van der Waals surface area contributed by atoms with Crippen molar-refractivity contribution in [2.45, 2.75) is 37.5 Å². The van der Waals surface area contributed by atoms with Gasteiger partial charge in [-0.3, -0.25) is 9.59 Å². The molecule has 0 aliphatic carbocycles. The molecule has 6 rings (SSSR count). The summed E-state index contributed by atoms with van der Waals surface area (Å²) in [4.78, 5) is 52.1. The number of piperidine rings is 1. The number of H-pyrrole nitrogens is 1. The molecule has 42 heavy (non-hydrogen) atoms. The fraction of sp³-hybridized carbons (Fsp3) is 0.300. The van der Waals surface area contributed by atoms with E-state index in [1.165, 1.54) is 13.4 Å². The Morgan fingerprint density at radius 1 is 1.07 bits per heavy atom. The molecule has 2 fully saturated rings. The zero-order valence-corrected chi connectivity index (χ0v) is 23.5. The third kappa shape index (κ3) is 5.53. The lowest BCUT2D eigenvalue weighted by atomic mass is 10.0. The number of fused-ring (bicyclic) bond motifs is 1. The van der Waals surface area contributed by atoms with Gasteiger partial charge in [0.1, 0.15) is 29.3 Å². The van der Waals surface area contributed by atoms with E-state index in [-0.39, 0.29) is 22.8 Å². The molecule has 0 radical (unpaired) electrons. The molecule has 4 heterocycles. The normalized spacial score (nSPS) is 19.8. The summed E-state index contributed by atoms with van der Waals surface area (Å²) in [5.41, 5.74) is 1.15. The van der Waals surface area contributed by atoms with Crippen LogP contribution in [-0.4, -0.2) is 76.0 Å². The van der Waals surface area contributed by atoms with Gasteiger partial charge in [-0.2, -0.15) is 0 Å². The third-order valence-corrected chi connectivity index (χ3v) is 7.78. The van der Waals surface area contributed by atoms with Crippen molar-refractivity contribution in [1.29, 1.82) is 0 Å². The van der Waals surface area contributed by atoms with Gasteiger partial charge in [-0.1, -0.05) is 29.8 Å². The molecule has 2 N–H and O–H groups in total. The Morgan fingerprint density at radius 3 is 2.69 bits per heavy atom. The molecule has 11 nitrogen and oxygen atoms in total. The van der Waals surface area contributed by atoms with Crippen LogP contribution < -0.4 is 10.1 Å². The van der Waals surface area contributed by atoms with Crippen molar-refractivity contribution in [3.8, 4) is 11.5 Å². The lowest BCUT2D eigenvalue weighted by Crippen LogP contribution is -2.49. The van der Waals surface area contributed by atoms with E-state index in [9.17, 15) is 14.4 Å². The number of anilines is 1. The number of nitrogens with one attached hydrogen (secondary N) is 2. The minimum Gasteiger partial charge on any atom is -0.467 e. The number of carbonyl (C=O) groups excluding carboxylic acids is 3. The zero-order valence-electron chi connectivity index (χ0n) is 22.7. The number of aromatic amines is 1. The molecular formula is C30H28ClN5O6. The van der Waals surface area contributed by atoms with E-state index in [0.717, 1.165) is 19.3 Å². The first-order chi connectivity index (χ1) is 20.4. The van der Waals surface area contributed by atoms with Gasteiger partial charge in [0, 0.05) is 37.0 Å². The van der Waals surface area contributed by atoms with Crippen molar-refractivity contribution in [3.63, 3.8) is 0 Å². The van der Waals surface area contributed by atoms with Gasteiger partial charge in [0.25, 0.3) is 5.91 Å². The SMILES string of the molecule is COC(=O)C1OC1C(=O)N1CCCCC1CNc1ncnc2[nH]cc(C(=O)c3ccc(Oc4ccccc4)cc3Cl)c12. The minimum absolute atomic E-state index is 0.150. The summed E-state index contributed by atoms with van der Waals surface area (Å²) in [7, 11) is 1.27. The largest absolute Gasteiger partial charge is 0.467 e. The van der Waals surface area contributed by atoms with E-state index in [0.29, 0.717) is 52.6 Å². The number of amides is 1. The Balaban J connectivity index is 1.20. The first-order valence-corrected chi connectivity index (χ1v) is 14.0. The zero-order chi connectivity index (χ0) is 29.2. The molecule has 2 saturated heterocycles. The number of aromatic nitrogens is 3. The lowest BCUT2D eigenvalue weighted by molar-refractivity contribution is -0.142. The molecule has 2 aromatic heterocycles. The van der Waals surface area contributed by atoms with Crippen LogP contribution in [0.1, 0.15) is 35.2 Å². The maximum atomic E-state index is 13.7. The number of hydrogen-bond acceptors (Lipinski definition) is 9. The molecule has 3 unspecified atom stereocenters. The number of rotatable bonds is 9. The van der Waals surface area contributed by atoms with Crippen LogP contribution in [0.4, 0.5) is 5.82 Å². The monoisotopic (exact) mass is 589 g/mol. The van der Waals surface area contributed by atoms with Crippen LogP contribution in [0.2, 0.25) is 5.02 Å². The number of methoxy groups -OCH3 is 1. The Hall–Kier alpha value is -4.48. The molecule has 0 bridgehead atoms. The Labute approximate surface area is 246 Å². The fourth-order valence-electron chi connectivity index (χ4n) is 5.27. The number of para-hydroxylation sites is 1. The molecule has 2 aliphatic heterocycles. The van der Waals surface area contributed by atoms with Gasteiger partial charge in [0.15, 0.2) is 18.0 Å². The van der Waals surface area contributed by atoms with Crippen molar-refractivity contribution in [1.82, 2.24) is 19.9 Å². The maximum Gasteiger partial charge on any atom is 0.338 e. The second-order valence-corrected chi connectivity index (χ2v) is 10.5. The number of nitrogens with zero attached hydrogens (tertiary/aromatic N) is 3. The number of benzene rings is 2. The van der Waals surface area contributed by atoms with Crippen LogP contribution in [0, 0.1) is 0 Å². The Kier molecular flexibility index (Phi) is 7.77. The number of epoxide rings is 1. The predicted molar refractivity (Wildman–Crippen MR) is 154 cm³/mol. The van der Waals surface area contributed by atoms with Crippen molar-refractivity contribution in [2.75, 3.05) is 25.5 Å². The van der Waals surface area contributed by atoms with Crippen molar-refractivity contribution < 1.29 is 28.6 Å². The average molecular weight is 590 g/mol. The Bertz CT molecular complexity index is 1640. The molecule has 216 valence electrons. The lowest BCUT2D eigenvalue weighted by Gasteiger charge is -2.35. The second-order valence-electron chi connectivity index (χ2n) is 10.1. The molecule has 2 aliphatic rings. The highest BCUT2D eigenvalue weighted by atomic mass is 35.5. The number of hydrogen-bond donors (Lipinski definition) is 2. The van der Waals surface area contributed by atoms with Gasteiger partial charge in [-0.15, -0.1) is 0 Å². The summed E-state index contributed by atoms with van der Waals surface area (Å²) in [5.74, 6) is 0.544. The maximum absolute atomic E-state index is 13.7. The molecule has 0 spiro atoms. The Morgan fingerprint density at radius 2 is 1.90 bits per heavy atom. The van der Waals surface area contributed by atoms with Gasteiger partial charge in [0.05, 0.1) is 23.1 Å². The van der Waals surface area contributed by atoms with Crippen molar-refractivity contribution in [3.05, 3.63) is 77.2 Å². The van der Waals surface area contributed by atoms with Crippen LogP contribution in [-0.2, 0) is 19.1 Å². The molecule has 12 heteroatoms. The number of esters is 1. The van der Waals surface area contributed by atoms with Crippen molar-refractivity contribution >= 4 is 46.1 Å². The van der Waals surface area contributed by atoms with Crippen LogP contribution >= 0.6 is 11.6 Å². The van der Waals surface area contributed by atoms with E-state index < -0.39 is 18.2 Å². The van der Waals surface area contributed by atoms with Crippen molar-refractivity contribution in [2.24, 2.45) is 0 Å². The van der Waals surface area contributed by atoms with Gasteiger partial charge in [-0.25, -0.2) is 14.8 Å². The highest BCUT2D eigenvalue weighted by molar-refractivity contribution is 6.35. The first-order valence-electron chi connectivity index (χ1n) is 13.6. The minimum atomic E-state index is -0.848. The summed E-state index contributed by atoms with van der Waals surface area (Å²) < 4.78 is 15.8. The summed E-state index contributed by atoms with van der Waals surface area (Å²) >= 11 is 6.54. The smallest absolute Gasteiger partial charge is 0.338 e. The number of ketones is 1. The summed E-state index contributed by atoms with van der Waals surface area (Å²) in [6.07, 6.45) is 3.92.